The van der Waals surface area contributed by atoms with Crippen LogP contribution < -0.4 is 15.0 Å². The van der Waals surface area contributed by atoms with Crippen LogP contribution in [0.15, 0.2) is 41.3 Å². The summed E-state index contributed by atoms with van der Waals surface area (Å²) in [6.45, 7) is 6.39. The van der Waals surface area contributed by atoms with E-state index in [9.17, 15) is 9.59 Å². The molecule has 0 unspecified atom stereocenters. The molecule has 0 aliphatic heterocycles. The zero-order valence-electron chi connectivity index (χ0n) is 17.1. The molecule has 0 N–H and O–H groups in total. The Morgan fingerprint density at radius 2 is 2.00 bits per heavy atom. The zero-order chi connectivity index (χ0) is 21.7. The van der Waals surface area contributed by atoms with Crippen LogP contribution >= 0.6 is 11.6 Å². The molecule has 7 nitrogen and oxygen atoms in total. The van der Waals surface area contributed by atoms with Gasteiger partial charge in [-0.25, -0.2) is 9.78 Å². The molecule has 0 amide bonds. The fourth-order valence-electron chi connectivity index (χ4n) is 2.90. The third-order valence-corrected chi connectivity index (χ3v) is 4.57. The quantitative estimate of drug-likeness (QED) is 0.498. The van der Waals surface area contributed by atoms with Gasteiger partial charge >= 0.3 is 5.97 Å². The molecule has 0 bridgehead atoms. The van der Waals surface area contributed by atoms with Crippen LogP contribution in [0.2, 0.25) is 5.02 Å². The van der Waals surface area contributed by atoms with Crippen LogP contribution in [0.5, 0.6) is 11.5 Å². The number of carbonyl (C=O) groups is 1. The SMILES string of the molecule is CCCOc1c(Cl)cc(C(=O)OCc2cc(=O)n3cccc(C)c3n2)cc1OCC. The van der Waals surface area contributed by atoms with E-state index in [1.165, 1.54) is 22.6 Å². The normalized spacial score (nSPS) is 10.8. The highest BCUT2D eigenvalue weighted by atomic mass is 35.5. The van der Waals surface area contributed by atoms with E-state index >= 15 is 0 Å². The molecule has 8 heteroatoms. The molecule has 2 aromatic heterocycles. The minimum absolute atomic E-state index is 0.144. The largest absolute Gasteiger partial charge is 0.490 e. The molecule has 0 aliphatic rings. The molecule has 158 valence electrons. The fourth-order valence-corrected chi connectivity index (χ4v) is 3.16. The number of rotatable bonds is 8. The molecular formula is C22H23ClN2O5. The van der Waals surface area contributed by atoms with Crippen LogP contribution in [-0.4, -0.2) is 28.6 Å². The topological polar surface area (TPSA) is 79.1 Å². The van der Waals surface area contributed by atoms with Crippen molar-refractivity contribution in [3.8, 4) is 11.5 Å². The molecule has 2 heterocycles. The van der Waals surface area contributed by atoms with E-state index in [0.717, 1.165) is 12.0 Å². The van der Waals surface area contributed by atoms with Crippen molar-refractivity contribution in [2.45, 2.75) is 33.8 Å². The summed E-state index contributed by atoms with van der Waals surface area (Å²) >= 11 is 6.30. The van der Waals surface area contributed by atoms with Crippen LogP contribution in [0.4, 0.5) is 0 Å². The minimum Gasteiger partial charge on any atom is -0.490 e. The molecule has 0 atom stereocenters. The lowest BCUT2D eigenvalue weighted by molar-refractivity contribution is 0.0467. The van der Waals surface area contributed by atoms with E-state index in [2.05, 4.69) is 4.98 Å². The molecule has 3 rings (SSSR count). The Morgan fingerprint density at radius 3 is 2.73 bits per heavy atom. The second-order valence-corrected chi connectivity index (χ2v) is 7.02. The van der Waals surface area contributed by atoms with Crippen molar-refractivity contribution in [3.63, 3.8) is 0 Å². The average molecular weight is 431 g/mol. The van der Waals surface area contributed by atoms with E-state index in [1.807, 2.05) is 26.8 Å². The Hall–Kier alpha value is -3.06. The highest BCUT2D eigenvalue weighted by Crippen LogP contribution is 2.37. The van der Waals surface area contributed by atoms with Gasteiger partial charge in [0, 0.05) is 12.3 Å². The van der Waals surface area contributed by atoms with Gasteiger partial charge < -0.3 is 14.2 Å². The summed E-state index contributed by atoms with van der Waals surface area (Å²) < 4.78 is 18.0. The first kappa shape index (κ1) is 21.6. The first-order chi connectivity index (χ1) is 14.4. The van der Waals surface area contributed by atoms with Gasteiger partial charge in [0.2, 0.25) is 0 Å². The predicted octanol–water partition coefficient (Wildman–Crippen LogP) is 4.20. The van der Waals surface area contributed by atoms with Gasteiger partial charge in [0.15, 0.2) is 11.5 Å². The molecule has 0 aliphatic carbocycles. The van der Waals surface area contributed by atoms with Crippen LogP contribution in [0.1, 0.15) is 41.9 Å². The van der Waals surface area contributed by atoms with Crippen LogP contribution in [0, 0.1) is 6.92 Å². The summed E-state index contributed by atoms with van der Waals surface area (Å²) in [5.41, 5.74) is 1.71. The van der Waals surface area contributed by atoms with Crippen LogP contribution in [0.3, 0.4) is 0 Å². The van der Waals surface area contributed by atoms with Gasteiger partial charge in [-0.3, -0.25) is 9.20 Å². The number of hydrogen-bond donors (Lipinski definition) is 0. The van der Waals surface area contributed by atoms with Crippen molar-refractivity contribution in [2.75, 3.05) is 13.2 Å². The summed E-state index contributed by atoms with van der Waals surface area (Å²) in [5, 5.41) is 0.263. The van der Waals surface area contributed by atoms with Crippen molar-refractivity contribution in [1.82, 2.24) is 9.38 Å². The molecule has 0 saturated heterocycles. The zero-order valence-corrected chi connectivity index (χ0v) is 17.9. The number of halogens is 1. The van der Waals surface area contributed by atoms with E-state index in [4.69, 9.17) is 25.8 Å². The van der Waals surface area contributed by atoms with E-state index < -0.39 is 5.97 Å². The number of ether oxygens (including phenoxy) is 3. The molecule has 1 aromatic carbocycles. The van der Waals surface area contributed by atoms with Crippen LogP contribution in [0.25, 0.3) is 5.65 Å². The lowest BCUT2D eigenvalue weighted by Crippen LogP contribution is -2.17. The lowest BCUT2D eigenvalue weighted by atomic mass is 10.2. The fraction of sp³-hybridized carbons (Fsp3) is 0.318. The second kappa shape index (κ2) is 9.63. The highest BCUT2D eigenvalue weighted by molar-refractivity contribution is 6.32. The van der Waals surface area contributed by atoms with E-state index in [0.29, 0.717) is 36.1 Å². The highest BCUT2D eigenvalue weighted by Gasteiger charge is 2.18. The van der Waals surface area contributed by atoms with Gasteiger partial charge in [0.05, 0.1) is 29.5 Å². The second-order valence-electron chi connectivity index (χ2n) is 6.61. The minimum atomic E-state index is -0.605. The van der Waals surface area contributed by atoms with Gasteiger partial charge in [-0.05, 0) is 44.0 Å². The molecular weight excluding hydrogens is 408 g/mol. The number of benzene rings is 1. The van der Waals surface area contributed by atoms with Gasteiger partial charge in [0.25, 0.3) is 5.56 Å². The van der Waals surface area contributed by atoms with Gasteiger partial charge in [0.1, 0.15) is 12.3 Å². The lowest BCUT2D eigenvalue weighted by Gasteiger charge is -2.14. The molecule has 30 heavy (non-hydrogen) atoms. The number of esters is 1. The van der Waals surface area contributed by atoms with Crippen molar-refractivity contribution >= 4 is 23.2 Å². The molecule has 0 fully saturated rings. The number of aryl methyl sites for hydroxylation is 1. The summed E-state index contributed by atoms with van der Waals surface area (Å²) in [4.78, 5) is 29.3. The van der Waals surface area contributed by atoms with E-state index in [1.54, 1.807) is 12.3 Å². The maximum absolute atomic E-state index is 12.6. The maximum atomic E-state index is 12.6. The molecule has 0 radical (unpaired) electrons. The standard InChI is InChI=1S/C22H23ClN2O5/c1-4-9-29-20-17(23)10-15(11-18(20)28-5-2)22(27)30-13-16-12-19(26)25-8-6-7-14(3)21(25)24-16/h6-8,10-12H,4-5,9,13H2,1-3H3. The van der Waals surface area contributed by atoms with Crippen LogP contribution in [-0.2, 0) is 11.3 Å². The number of nitrogens with zero attached hydrogens (tertiary/aromatic N) is 2. The monoisotopic (exact) mass is 430 g/mol. The smallest absolute Gasteiger partial charge is 0.338 e. The van der Waals surface area contributed by atoms with Gasteiger partial charge in [-0.1, -0.05) is 24.6 Å². The number of pyridine rings is 1. The summed E-state index contributed by atoms with van der Waals surface area (Å²) in [5.74, 6) is 0.173. The first-order valence-corrected chi connectivity index (χ1v) is 10.1. The van der Waals surface area contributed by atoms with Crippen molar-refractivity contribution in [2.24, 2.45) is 0 Å². The average Bonchev–Trinajstić information content (AvgIpc) is 2.72. The number of hydrogen-bond acceptors (Lipinski definition) is 6. The molecule has 0 spiro atoms. The third kappa shape index (κ3) is 4.74. The Kier molecular flexibility index (Phi) is 6.95. The van der Waals surface area contributed by atoms with Crippen molar-refractivity contribution < 1.29 is 19.0 Å². The van der Waals surface area contributed by atoms with Gasteiger partial charge in [-0.15, -0.1) is 0 Å². The Morgan fingerprint density at radius 1 is 1.20 bits per heavy atom. The van der Waals surface area contributed by atoms with Gasteiger partial charge in [-0.2, -0.15) is 0 Å². The number of fused-ring (bicyclic) bond motifs is 1. The maximum Gasteiger partial charge on any atom is 0.338 e. The molecule has 3 aromatic rings. The predicted molar refractivity (Wildman–Crippen MR) is 114 cm³/mol. The van der Waals surface area contributed by atoms with E-state index in [-0.39, 0.29) is 22.8 Å². The summed E-state index contributed by atoms with van der Waals surface area (Å²) in [7, 11) is 0. The number of carbonyl (C=O) groups excluding carboxylic acids is 1. The molecule has 0 saturated carbocycles. The summed E-state index contributed by atoms with van der Waals surface area (Å²) in [6.07, 6.45) is 2.46. The Labute approximate surface area is 179 Å². The Balaban J connectivity index is 1.81. The van der Waals surface area contributed by atoms with Crippen molar-refractivity contribution in [1.29, 1.82) is 0 Å². The van der Waals surface area contributed by atoms with Crippen molar-refractivity contribution in [3.05, 3.63) is 68.7 Å². The summed E-state index contributed by atoms with van der Waals surface area (Å²) in [6, 6.07) is 8.00. The first-order valence-electron chi connectivity index (χ1n) is 9.68. The Bertz CT molecular complexity index is 1130. The third-order valence-electron chi connectivity index (χ3n) is 4.29. The number of aromatic nitrogens is 2.